The van der Waals surface area contributed by atoms with E-state index in [0.29, 0.717) is 25.3 Å². The summed E-state index contributed by atoms with van der Waals surface area (Å²) in [7, 11) is -3.75. The van der Waals surface area contributed by atoms with Gasteiger partial charge >= 0.3 is 0 Å². The fourth-order valence-electron chi connectivity index (χ4n) is 2.82. The zero-order valence-corrected chi connectivity index (χ0v) is 16.3. The molecule has 0 saturated carbocycles. The van der Waals surface area contributed by atoms with Crippen molar-refractivity contribution in [2.45, 2.75) is 23.1 Å². The van der Waals surface area contributed by atoms with E-state index in [2.05, 4.69) is 15.2 Å². The maximum absolute atomic E-state index is 13.0. The van der Waals surface area contributed by atoms with Crippen LogP contribution in [0.4, 0.5) is 0 Å². The van der Waals surface area contributed by atoms with E-state index in [1.807, 2.05) is 0 Å². The first-order valence-electron chi connectivity index (χ1n) is 7.67. The largest absolute Gasteiger partial charge is 0.419 e. The van der Waals surface area contributed by atoms with Gasteiger partial charge in [0.2, 0.25) is 11.8 Å². The minimum Gasteiger partial charge on any atom is -0.419 e. The number of hydrogen-bond acceptors (Lipinski definition) is 7. The first-order chi connectivity index (χ1) is 12.5. The second-order valence-electron chi connectivity index (χ2n) is 5.64. The van der Waals surface area contributed by atoms with Crippen LogP contribution >= 0.6 is 34.5 Å². The molecule has 3 aromatic heterocycles. The van der Waals surface area contributed by atoms with Gasteiger partial charge in [0.1, 0.15) is 14.6 Å². The Kier molecular flexibility index (Phi) is 4.74. The van der Waals surface area contributed by atoms with Gasteiger partial charge in [-0.25, -0.2) is 8.42 Å². The van der Waals surface area contributed by atoms with Gasteiger partial charge < -0.3 is 4.42 Å². The molecular formula is C15H12Cl2N4O3S2. The summed E-state index contributed by atoms with van der Waals surface area (Å²) < 4.78 is 33.4. The average Bonchev–Trinajstić information content (AvgIpc) is 3.36. The number of thiophene rings is 1. The summed E-state index contributed by atoms with van der Waals surface area (Å²) in [6.07, 6.45) is 4.54. The maximum atomic E-state index is 13.0. The van der Waals surface area contributed by atoms with Gasteiger partial charge in [-0.15, -0.1) is 21.5 Å². The zero-order valence-electron chi connectivity index (χ0n) is 13.2. The average molecular weight is 431 g/mol. The predicted molar refractivity (Wildman–Crippen MR) is 97.7 cm³/mol. The van der Waals surface area contributed by atoms with Crippen molar-refractivity contribution in [3.63, 3.8) is 0 Å². The zero-order chi connectivity index (χ0) is 18.3. The van der Waals surface area contributed by atoms with Crippen molar-refractivity contribution >= 4 is 44.6 Å². The topological polar surface area (TPSA) is 89.2 Å². The maximum Gasteiger partial charge on any atom is 0.253 e. The number of rotatable bonds is 4. The third-order valence-corrected chi connectivity index (χ3v) is 8.26. The lowest BCUT2D eigenvalue weighted by molar-refractivity contribution is 0.333. The first-order valence-corrected chi connectivity index (χ1v) is 10.7. The smallest absolute Gasteiger partial charge is 0.253 e. The van der Waals surface area contributed by atoms with E-state index in [4.69, 9.17) is 27.6 Å². The van der Waals surface area contributed by atoms with Gasteiger partial charge in [-0.05, 0) is 31.0 Å². The fourth-order valence-corrected chi connectivity index (χ4v) is 6.49. The highest BCUT2D eigenvalue weighted by atomic mass is 35.5. The molecule has 0 N–H and O–H groups in total. The molecule has 4 rings (SSSR count). The van der Waals surface area contributed by atoms with Gasteiger partial charge in [-0.1, -0.05) is 23.2 Å². The number of aromatic nitrogens is 3. The summed E-state index contributed by atoms with van der Waals surface area (Å²) >= 11 is 12.8. The van der Waals surface area contributed by atoms with Crippen molar-refractivity contribution in [3.8, 4) is 11.5 Å². The standard InChI is InChI=1S/C15H12Cl2N4O3S2/c16-10-8-12(25-13(10)17)26(22,23)21-7-1-2-11(21)15-20-19-14(24-15)9-3-5-18-6-4-9/h3-6,8,11H,1-2,7H2. The molecule has 4 heterocycles. The lowest BCUT2D eigenvalue weighted by Gasteiger charge is -2.20. The molecule has 1 aliphatic heterocycles. The molecule has 0 bridgehead atoms. The molecule has 26 heavy (non-hydrogen) atoms. The van der Waals surface area contributed by atoms with Crippen molar-refractivity contribution < 1.29 is 12.8 Å². The van der Waals surface area contributed by atoms with Gasteiger partial charge in [0.05, 0.1) is 5.02 Å². The normalized spacial score (nSPS) is 18.5. The van der Waals surface area contributed by atoms with E-state index < -0.39 is 16.1 Å². The van der Waals surface area contributed by atoms with Crippen molar-refractivity contribution in [3.05, 3.63) is 45.8 Å². The molecule has 0 amide bonds. The van der Waals surface area contributed by atoms with Crippen LogP contribution in [0.15, 0.2) is 39.2 Å². The molecule has 0 spiro atoms. The number of nitrogens with zero attached hydrogens (tertiary/aromatic N) is 4. The van der Waals surface area contributed by atoms with Crippen LogP contribution in [0.1, 0.15) is 24.8 Å². The third-order valence-electron chi connectivity index (χ3n) is 4.04. The molecule has 0 aromatic carbocycles. The highest BCUT2D eigenvalue weighted by Gasteiger charge is 2.40. The molecule has 1 atom stereocenters. The Labute approximate surface area is 163 Å². The van der Waals surface area contributed by atoms with Gasteiger partial charge in [0.15, 0.2) is 0 Å². The van der Waals surface area contributed by atoms with Gasteiger partial charge in [-0.3, -0.25) is 4.98 Å². The van der Waals surface area contributed by atoms with Gasteiger partial charge in [0, 0.05) is 24.5 Å². The molecular weight excluding hydrogens is 419 g/mol. The molecule has 1 unspecified atom stereocenters. The molecule has 11 heteroatoms. The number of halogens is 2. The highest BCUT2D eigenvalue weighted by Crippen LogP contribution is 2.41. The summed E-state index contributed by atoms with van der Waals surface area (Å²) in [6, 6.07) is 4.35. The Balaban J connectivity index is 1.66. The van der Waals surface area contributed by atoms with Crippen LogP contribution in [-0.2, 0) is 10.0 Å². The van der Waals surface area contributed by atoms with E-state index >= 15 is 0 Å². The lowest BCUT2D eigenvalue weighted by Crippen LogP contribution is -2.30. The van der Waals surface area contributed by atoms with E-state index in [-0.39, 0.29) is 19.5 Å². The van der Waals surface area contributed by atoms with Crippen LogP contribution in [0, 0.1) is 0 Å². The Bertz CT molecular complexity index is 1020. The molecule has 1 fully saturated rings. The minimum absolute atomic E-state index is 0.105. The molecule has 136 valence electrons. The first kappa shape index (κ1) is 17.9. The number of sulfonamides is 1. The van der Waals surface area contributed by atoms with Crippen molar-refractivity contribution in [2.24, 2.45) is 0 Å². The van der Waals surface area contributed by atoms with E-state index in [1.54, 1.807) is 24.5 Å². The summed E-state index contributed by atoms with van der Waals surface area (Å²) in [5.74, 6) is 0.598. The van der Waals surface area contributed by atoms with Crippen LogP contribution in [0.5, 0.6) is 0 Å². The Hall–Kier alpha value is -1.52. The molecule has 7 nitrogen and oxygen atoms in total. The summed E-state index contributed by atoms with van der Waals surface area (Å²) in [5, 5.41) is 8.32. The van der Waals surface area contributed by atoms with Crippen LogP contribution < -0.4 is 0 Å². The van der Waals surface area contributed by atoms with Crippen LogP contribution in [0.2, 0.25) is 9.36 Å². The lowest BCUT2D eigenvalue weighted by atomic mass is 10.2. The second-order valence-corrected chi connectivity index (χ2v) is 9.82. The predicted octanol–water partition coefficient (Wildman–Crippen LogP) is 4.03. The summed E-state index contributed by atoms with van der Waals surface area (Å²) in [5.41, 5.74) is 0.725. The monoisotopic (exact) mass is 430 g/mol. The SMILES string of the molecule is O=S(=O)(c1cc(Cl)c(Cl)s1)N1CCCC1c1nnc(-c2ccncc2)o1. The number of hydrogen-bond donors (Lipinski definition) is 0. The molecule has 3 aromatic rings. The van der Waals surface area contributed by atoms with Crippen molar-refractivity contribution in [2.75, 3.05) is 6.54 Å². The summed E-state index contributed by atoms with van der Waals surface area (Å²) in [6.45, 7) is 0.368. The van der Waals surface area contributed by atoms with Crippen molar-refractivity contribution in [1.82, 2.24) is 19.5 Å². The number of pyridine rings is 1. The highest BCUT2D eigenvalue weighted by molar-refractivity contribution is 7.91. The molecule has 1 saturated heterocycles. The Morgan fingerprint density at radius 2 is 2.00 bits per heavy atom. The van der Waals surface area contributed by atoms with E-state index in [1.165, 1.54) is 10.4 Å². The fraction of sp³-hybridized carbons (Fsp3) is 0.267. The van der Waals surface area contributed by atoms with E-state index in [9.17, 15) is 8.42 Å². The van der Waals surface area contributed by atoms with Gasteiger partial charge in [0.25, 0.3) is 10.0 Å². The van der Waals surface area contributed by atoms with Gasteiger partial charge in [-0.2, -0.15) is 4.31 Å². The molecule has 0 aliphatic carbocycles. The van der Waals surface area contributed by atoms with Crippen molar-refractivity contribution in [1.29, 1.82) is 0 Å². The molecule has 0 radical (unpaired) electrons. The van der Waals surface area contributed by atoms with Crippen LogP contribution in [-0.4, -0.2) is 34.4 Å². The van der Waals surface area contributed by atoms with E-state index in [0.717, 1.165) is 16.9 Å². The Morgan fingerprint density at radius 1 is 1.23 bits per heavy atom. The Morgan fingerprint density at radius 3 is 2.69 bits per heavy atom. The van der Waals surface area contributed by atoms with Crippen LogP contribution in [0.3, 0.4) is 0 Å². The second kappa shape index (κ2) is 6.90. The molecule has 1 aliphatic rings. The van der Waals surface area contributed by atoms with Crippen LogP contribution in [0.25, 0.3) is 11.5 Å². The quantitative estimate of drug-likeness (QED) is 0.620. The third kappa shape index (κ3) is 3.14. The summed E-state index contributed by atoms with van der Waals surface area (Å²) in [4.78, 5) is 3.94. The minimum atomic E-state index is -3.75.